The Bertz CT molecular complexity index is 1360. The molecule has 6 nitrogen and oxygen atoms in total. The van der Waals surface area contributed by atoms with E-state index in [2.05, 4.69) is 69.4 Å². The molecule has 0 heterocycles. The van der Waals surface area contributed by atoms with Crippen LogP contribution in [-0.2, 0) is 28.6 Å². The van der Waals surface area contributed by atoms with Crippen LogP contribution in [0, 0.1) is 0 Å². The molecular weight excluding hydrogens is 973 g/mol. The third kappa shape index (κ3) is 66.1. The van der Waals surface area contributed by atoms with Gasteiger partial charge in [-0.2, -0.15) is 0 Å². The molecule has 79 heavy (non-hydrogen) atoms. The normalized spacial score (nSPS) is 12.3. The van der Waals surface area contributed by atoms with E-state index >= 15 is 0 Å². The topological polar surface area (TPSA) is 78.9 Å². The molecule has 0 radical (unpaired) electrons. The third-order valence-electron chi connectivity index (χ3n) is 15.8. The second-order valence-corrected chi connectivity index (χ2v) is 23.8. The van der Waals surface area contributed by atoms with E-state index in [4.69, 9.17) is 14.2 Å². The Balaban J connectivity index is 4.34. The lowest BCUT2D eigenvalue weighted by atomic mass is 10.0. The van der Waals surface area contributed by atoms with Crippen molar-refractivity contribution in [3.05, 3.63) is 48.6 Å². The molecular formula is C73H134O6. The molecule has 0 saturated carbocycles. The summed E-state index contributed by atoms with van der Waals surface area (Å²) in [6.45, 7) is 6.68. The highest BCUT2D eigenvalue weighted by atomic mass is 16.6. The maximum Gasteiger partial charge on any atom is 0.306 e. The molecule has 0 fully saturated rings. The monoisotopic (exact) mass is 1110 g/mol. The summed E-state index contributed by atoms with van der Waals surface area (Å²) in [6, 6.07) is 0. The van der Waals surface area contributed by atoms with Crippen molar-refractivity contribution >= 4 is 17.9 Å². The molecule has 0 aromatic heterocycles. The highest BCUT2D eigenvalue weighted by Gasteiger charge is 2.19. The van der Waals surface area contributed by atoms with E-state index in [1.54, 1.807) is 0 Å². The Morgan fingerprint density at radius 2 is 0.456 bits per heavy atom. The molecule has 6 heteroatoms. The molecule has 0 bridgehead atoms. The van der Waals surface area contributed by atoms with Crippen LogP contribution in [0.4, 0.5) is 0 Å². The summed E-state index contributed by atoms with van der Waals surface area (Å²) >= 11 is 0. The van der Waals surface area contributed by atoms with Crippen LogP contribution in [-0.4, -0.2) is 37.2 Å². The molecule has 0 aliphatic rings. The lowest BCUT2D eigenvalue weighted by molar-refractivity contribution is -0.167. The van der Waals surface area contributed by atoms with Gasteiger partial charge < -0.3 is 14.2 Å². The third-order valence-corrected chi connectivity index (χ3v) is 15.8. The van der Waals surface area contributed by atoms with Gasteiger partial charge in [0.25, 0.3) is 0 Å². The average Bonchev–Trinajstić information content (AvgIpc) is 3.45. The standard InChI is InChI=1S/C73H134O6/c1-4-7-10-13-16-19-22-25-28-31-33-35-36-38-39-42-45-48-51-54-57-60-63-66-72(75)78-69-70(68-77-71(74)65-62-59-56-53-50-47-44-41-30-27-24-21-18-15-12-9-6-3)79-73(76)67-64-61-58-55-52-49-46-43-40-37-34-32-29-26-23-20-17-14-11-8-5-2/h23,26-27,30,32,34,40,43,70H,4-22,24-25,28-29,31,33,35-39,41-42,44-69H2,1-3H3/b26-23-,30-27-,34-32-,43-40-. The van der Waals surface area contributed by atoms with Crippen molar-refractivity contribution < 1.29 is 28.6 Å². The smallest absolute Gasteiger partial charge is 0.306 e. The van der Waals surface area contributed by atoms with Crippen molar-refractivity contribution in [3.63, 3.8) is 0 Å². The fourth-order valence-corrected chi connectivity index (χ4v) is 10.5. The van der Waals surface area contributed by atoms with Crippen molar-refractivity contribution in [2.24, 2.45) is 0 Å². The van der Waals surface area contributed by atoms with Crippen LogP contribution in [0.25, 0.3) is 0 Å². The molecule has 1 atom stereocenters. The first-order valence-electron chi connectivity index (χ1n) is 35.1. The molecule has 1 unspecified atom stereocenters. The van der Waals surface area contributed by atoms with E-state index in [1.165, 1.54) is 263 Å². The van der Waals surface area contributed by atoms with E-state index in [9.17, 15) is 14.4 Å². The van der Waals surface area contributed by atoms with E-state index in [0.717, 1.165) is 77.0 Å². The largest absolute Gasteiger partial charge is 0.462 e. The van der Waals surface area contributed by atoms with Gasteiger partial charge >= 0.3 is 17.9 Å². The second-order valence-electron chi connectivity index (χ2n) is 23.8. The number of ether oxygens (including phenoxy) is 3. The first-order valence-corrected chi connectivity index (χ1v) is 35.1. The zero-order valence-electron chi connectivity index (χ0n) is 53.2. The number of rotatable bonds is 65. The van der Waals surface area contributed by atoms with Crippen LogP contribution >= 0.6 is 0 Å². The summed E-state index contributed by atoms with van der Waals surface area (Å²) in [4.78, 5) is 38.5. The van der Waals surface area contributed by atoms with E-state index in [0.29, 0.717) is 19.3 Å². The highest BCUT2D eigenvalue weighted by Crippen LogP contribution is 2.18. The Kier molecular flexibility index (Phi) is 65.6. The van der Waals surface area contributed by atoms with Crippen molar-refractivity contribution in [1.82, 2.24) is 0 Å². The summed E-state index contributed by atoms with van der Waals surface area (Å²) in [5.74, 6) is -0.867. The van der Waals surface area contributed by atoms with Gasteiger partial charge in [0.05, 0.1) is 0 Å². The minimum Gasteiger partial charge on any atom is -0.462 e. The zero-order chi connectivity index (χ0) is 57.1. The molecule has 0 rings (SSSR count). The van der Waals surface area contributed by atoms with Crippen molar-refractivity contribution in [1.29, 1.82) is 0 Å². The zero-order valence-corrected chi connectivity index (χ0v) is 53.2. The molecule has 462 valence electrons. The van der Waals surface area contributed by atoms with Gasteiger partial charge in [-0.1, -0.05) is 326 Å². The molecule has 0 aliphatic heterocycles. The maximum atomic E-state index is 13.0. The molecule has 0 aromatic carbocycles. The first kappa shape index (κ1) is 76.4. The fraction of sp³-hybridized carbons (Fsp3) is 0.849. The van der Waals surface area contributed by atoms with Gasteiger partial charge in [-0.05, 0) is 83.5 Å². The molecule has 0 aromatic rings. The van der Waals surface area contributed by atoms with Crippen LogP contribution in [0.3, 0.4) is 0 Å². The average molecular weight is 1110 g/mol. The van der Waals surface area contributed by atoms with E-state index < -0.39 is 6.10 Å². The number of allylic oxidation sites excluding steroid dienone is 8. The second kappa shape index (κ2) is 67.9. The van der Waals surface area contributed by atoms with Crippen LogP contribution in [0.2, 0.25) is 0 Å². The van der Waals surface area contributed by atoms with Crippen LogP contribution in [0.15, 0.2) is 48.6 Å². The molecule has 0 spiro atoms. The predicted octanol–water partition coefficient (Wildman–Crippen LogP) is 24.1. The summed E-state index contributed by atoms with van der Waals surface area (Å²) in [5.41, 5.74) is 0. The summed E-state index contributed by atoms with van der Waals surface area (Å²) in [7, 11) is 0. The Morgan fingerprint density at radius 1 is 0.253 bits per heavy atom. The van der Waals surface area contributed by atoms with E-state index in [1.807, 2.05) is 0 Å². The minimum absolute atomic E-state index is 0.0759. The van der Waals surface area contributed by atoms with Gasteiger partial charge in [0.15, 0.2) is 6.10 Å². The SMILES string of the molecule is CCCCCCC/C=C\C/C=C\C/C=C\CCCCCCCCC(=O)OC(COC(=O)CCCCCCCCC/C=C\CCCCCCCC)COC(=O)CCCCCCCCCCCCCCCCCCCCCCCCC. The number of unbranched alkanes of at least 4 members (excludes halogenated alkanes) is 46. The first-order chi connectivity index (χ1) is 39.0. The Hall–Kier alpha value is -2.63. The minimum atomic E-state index is -0.782. The number of esters is 3. The van der Waals surface area contributed by atoms with Gasteiger partial charge in [0, 0.05) is 19.3 Å². The number of carbonyl (C=O) groups excluding carboxylic acids is 3. The number of carbonyl (C=O) groups is 3. The molecule has 0 aliphatic carbocycles. The number of hydrogen-bond donors (Lipinski definition) is 0. The lowest BCUT2D eigenvalue weighted by Gasteiger charge is -2.18. The summed E-state index contributed by atoms with van der Waals surface area (Å²) < 4.78 is 17.0. The fourth-order valence-electron chi connectivity index (χ4n) is 10.5. The summed E-state index contributed by atoms with van der Waals surface area (Å²) in [6.07, 6.45) is 85.6. The van der Waals surface area contributed by atoms with Gasteiger partial charge in [-0.3, -0.25) is 14.4 Å². The molecule has 0 amide bonds. The molecule has 0 N–H and O–H groups in total. The van der Waals surface area contributed by atoms with Crippen molar-refractivity contribution in [2.45, 2.75) is 386 Å². The van der Waals surface area contributed by atoms with Gasteiger partial charge in [-0.25, -0.2) is 0 Å². The van der Waals surface area contributed by atoms with Crippen LogP contribution in [0.5, 0.6) is 0 Å². The number of hydrogen-bond acceptors (Lipinski definition) is 6. The molecule has 0 saturated heterocycles. The maximum absolute atomic E-state index is 13.0. The summed E-state index contributed by atoms with van der Waals surface area (Å²) in [5, 5.41) is 0. The van der Waals surface area contributed by atoms with Crippen LogP contribution < -0.4 is 0 Å². The Labute approximate surface area is 492 Å². The van der Waals surface area contributed by atoms with Crippen molar-refractivity contribution in [2.75, 3.05) is 13.2 Å². The van der Waals surface area contributed by atoms with Crippen LogP contribution in [0.1, 0.15) is 380 Å². The lowest BCUT2D eigenvalue weighted by Crippen LogP contribution is -2.30. The van der Waals surface area contributed by atoms with Gasteiger partial charge in [0.2, 0.25) is 0 Å². The van der Waals surface area contributed by atoms with Gasteiger partial charge in [-0.15, -0.1) is 0 Å². The van der Waals surface area contributed by atoms with Gasteiger partial charge in [0.1, 0.15) is 13.2 Å². The quantitative estimate of drug-likeness (QED) is 0.0261. The van der Waals surface area contributed by atoms with Crippen molar-refractivity contribution in [3.8, 4) is 0 Å². The van der Waals surface area contributed by atoms with E-state index in [-0.39, 0.29) is 31.1 Å². The Morgan fingerprint density at radius 3 is 0.722 bits per heavy atom. The highest BCUT2D eigenvalue weighted by molar-refractivity contribution is 5.71. The predicted molar refractivity (Wildman–Crippen MR) is 344 cm³/mol.